The molecule has 0 radical (unpaired) electrons. The summed E-state index contributed by atoms with van der Waals surface area (Å²) in [5.41, 5.74) is 16.9. The normalized spacial score (nSPS) is 13.4. The molecule has 5 aromatic carbocycles. The average Bonchev–Trinajstić information content (AvgIpc) is 3.15. The van der Waals surface area contributed by atoms with Crippen molar-refractivity contribution < 1.29 is 0 Å². The van der Waals surface area contributed by atoms with Crippen molar-refractivity contribution in [1.82, 2.24) is 0 Å². The molecule has 0 atom stereocenters. The Bertz CT molecular complexity index is 1360. The molecular weight excluding hydrogens is 386 g/mol. The number of anilines is 1. The van der Waals surface area contributed by atoms with E-state index < -0.39 is 5.41 Å². The standard InChI is InChI=1S/C31H23N/c32-30-21-29-27(20-26(30)22-12-4-1-5-13-22)25-18-10-11-19-28(25)31(29,23-14-6-2-7-15-23)24-16-8-3-9-17-24/h1-21H,32H2. The van der Waals surface area contributed by atoms with Crippen LogP contribution in [0.3, 0.4) is 0 Å². The fraction of sp³-hybridized carbons (Fsp3) is 0.0323. The minimum absolute atomic E-state index is 0.405. The Labute approximate surface area is 188 Å². The number of nitrogen functional groups attached to an aromatic ring is 1. The van der Waals surface area contributed by atoms with Crippen LogP contribution in [0.5, 0.6) is 0 Å². The van der Waals surface area contributed by atoms with Crippen molar-refractivity contribution in [1.29, 1.82) is 0 Å². The van der Waals surface area contributed by atoms with E-state index in [1.54, 1.807) is 0 Å². The maximum atomic E-state index is 6.74. The minimum Gasteiger partial charge on any atom is -0.398 e. The van der Waals surface area contributed by atoms with Gasteiger partial charge in [0.25, 0.3) is 0 Å². The first-order valence-corrected chi connectivity index (χ1v) is 11.0. The van der Waals surface area contributed by atoms with Gasteiger partial charge in [0.1, 0.15) is 0 Å². The highest BCUT2D eigenvalue weighted by molar-refractivity contribution is 5.92. The van der Waals surface area contributed by atoms with Crippen molar-refractivity contribution in [2.24, 2.45) is 0 Å². The van der Waals surface area contributed by atoms with Gasteiger partial charge in [0.05, 0.1) is 5.41 Å². The van der Waals surface area contributed by atoms with Gasteiger partial charge < -0.3 is 5.73 Å². The number of nitrogens with two attached hydrogens (primary N) is 1. The Balaban J connectivity index is 1.75. The number of rotatable bonds is 3. The van der Waals surface area contributed by atoms with Gasteiger partial charge >= 0.3 is 0 Å². The lowest BCUT2D eigenvalue weighted by molar-refractivity contribution is 0.769. The van der Waals surface area contributed by atoms with E-state index in [0.29, 0.717) is 0 Å². The van der Waals surface area contributed by atoms with E-state index >= 15 is 0 Å². The van der Waals surface area contributed by atoms with E-state index in [-0.39, 0.29) is 0 Å². The van der Waals surface area contributed by atoms with Gasteiger partial charge in [-0.3, -0.25) is 0 Å². The zero-order chi connectivity index (χ0) is 21.5. The molecule has 1 aliphatic carbocycles. The summed E-state index contributed by atoms with van der Waals surface area (Å²) >= 11 is 0. The van der Waals surface area contributed by atoms with E-state index in [4.69, 9.17) is 5.73 Å². The molecule has 0 amide bonds. The fourth-order valence-electron chi connectivity index (χ4n) is 5.37. The van der Waals surface area contributed by atoms with Gasteiger partial charge in [-0.05, 0) is 51.1 Å². The maximum absolute atomic E-state index is 6.74. The third-order valence-electron chi connectivity index (χ3n) is 6.71. The lowest BCUT2D eigenvalue weighted by Crippen LogP contribution is -2.28. The lowest BCUT2D eigenvalue weighted by Gasteiger charge is -2.34. The molecule has 0 unspecified atom stereocenters. The number of hydrogen-bond acceptors (Lipinski definition) is 1. The summed E-state index contributed by atoms with van der Waals surface area (Å²) in [5, 5.41) is 0. The number of hydrogen-bond donors (Lipinski definition) is 1. The Morgan fingerprint density at radius 1 is 0.438 bits per heavy atom. The second kappa shape index (κ2) is 7.25. The Kier molecular flexibility index (Phi) is 4.22. The second-order valence-corrected chi connectivity index (χ2v) is 8.38. The van der Waals surface area contributed by atoms with Gasteiger partial charge in [0, 0.05) is 11.3 Å². The van der Waals surface area contributed by atoms with Crippen LogP contribution in [0.1, 0.15) is 22.3 Å². The molecule has 1 heteroatoms. The SMILES string of the molecule is Nc1cc2c(cc1-c1ccccc1)-c1ccccc1C2(c1ccccc1)c1ccccc1. The van der Waals surface area contributed by atoms with Crippen molar-refractivity contribution >= 4 is 5.69 Å². The van der Waals surface area contributed by atoms with Crippen LogP contribution < -0.4 is 5.73 Å². The van der Waals surface area contributed by atoms with Crippen molar-refractivity contribution in [3.63, 3.8) is 0 Å². The number of benzene rings is 5. The molecule has 0 aromatic heterocycles. The third-order valence-corrected chi connectivity index (χ3v) is 6.71. The van der Waals surface area contributed by atoms with Gasteiger partial charge in [0.15, 0.2) is 0 Å². The van der Waals surface area contributed by atoms with Gasteiger partial charge in [-0.1, -0.05) is 115 Å². The smallest absolute Gasteiger partial charge is 0.0714 e. The van der Waals surface area contributed by atoms with Gasteiger partial charge in [-0.15, -0.1) is 0 Å². The van der Waals surface area contributed by atoms with Gasteiger partial charge in [0.2, 0.25) is 0 Å². The first-order chi connectivity index (χ1) is 15.8. The molecular formula is C31H23N. The first-order valence-electron chi connectivity index (χ1n) is 11.0. The molecule has 0 aliphatic heterocycles. The molecule has 0 saturated heterocycles. The molecule has 0 saturated carbocycles. The quantitative estimate of drug-likeness (QED) is 0.305. The molecule has 5 aromatic rings. The lowest BCUT2D eigenvalue weighted by atomic mass is 9.67. The van der Waals surface area contributed by atoms with E-state index in [9.17, 15) is 0 Å². The fourth-order valence-corrected chi connectivity index (χ4v) is 5.37. The highest BCUT2D eigenvalue weighted by atomic mass is 14.6. The van der Waals surface area contributed by atoms with Gasteiger partial charge in [-0.25, -0.2) is 0 Å². The summed E-state index contributed by atoms with van der Waals surface area (Å²) in [6, 6.07) is 45.3. The predicted octanol–water partition coefficient (Wildman–Crippen LogP) is 7.30. The van der Waals surface area contributed by atoms with Gasteiger partial charge in [-0.2, -0.15) is 0 Å². The molecule has 0 spiro atoms. The van der Waals surface area contributed by atoms with Crippen LogP contribution in [0.4, 0.5) is 5.69 Å². The van der Waals surface area contributed by atoms with E-state index in [0.717, 1.165) is 16.8 Å². The predicted molar refractivity (Wildman–Crippen MR) is 134 cm³/mol. The molecule has 0 fully saturated rings. The zero-order valence-corrected chi connectivity index (χ0v) is 17.7. The highest BCUT2D eigenvalue weighted by Gasteiger charge is 2.46. The largest absolute Gasteiger partial charge is 0.398 e. The third kappa shape index (κ3) is 2.58. The zero-order valence-electron chi connectivity index (χ0n) is 17.7. The molecule has 0 bridgehead atoms. The van der Waals surface area contributed by atoms with Crippen LogP contribution in [0.2, 0.25) is 0 Å². The van der Waals surface area contributed by atoms with Crippen LogP contribution in [-0.4, -0.2) is 0 Å². The first kappa shape index (κ1) is 18.7. The summed E-state index contributed by atoms with van der Waals surface area (Å²) in [6.07, 6.45) is 0. The van der Waals surface area contributed by atoms with Crippen molar-refractivity contribution in [2.75, 3.05) is 5.73 Å². The summed E-state index contributed by atoms with van der Waals surface area (Å²) in [5.74, 6) is 0. The van der Waals surface area contributed by atoms with Crippen LogP contribution in [0.25, 0.3) is 22.3 Å². The monoisotopic (exact) mass is 409 g/mol. The van der Waals surface area contributed by atoms with Crippen molar-refractivity contribution in [3.05, 3.63) is 150 Å². The van der Waals surface area contributed by atoms with Crippen LogP contribution in [0.15, 0.2) is 127 Å². The highest BCUT2D eigenvalue weighted by Crippen LogP contribution is 2.57. The van der Waals surface area contributed by atoms with E-state index in [2.05, 4.69) is 121 Å². The van der Waals surface area contributed by atoms with Crippen molar-refractivity contribution in [3.8, 4) is 22.3 Å². The van der Waals surface area contributed by atoms with Crippen molar-refractivity contribution in [2.45, 2.75) is 5.41 Å². The van der Waals surface area contributed by atoms with Crippen LogP contribution in [0, 0.1) is 0 Å². The Morgan fingerprint density at radius 2 is 0.969 bits per heavy atom. The Morgan fingerprint density at radius 3 is 1.59 bits per heavy atom. The molecule has 2 N–H and O–H groups in total. The van der Waals surface area contributed by atoms with E-state index in [1.807, 2.05) is 6.07 Å². The number of fused-ring (bicyclic) bond motifs is 3. The summed E-state index contributed by atoms with van der Waals surface area (Å²) < 4.78 is 0. The summed E-state index contributed by atoms with van der Waals surface area (Å²) in [6.45, 7) is 0. The molecule has 1 nitrogen and oxygen atoms in total. The topological polar surface area (TPSA) is 26.0 Å². The van der Waals surface area contributed by atoms with Crippen LogP contribution in [-0.2, 0) is 5.41 Å². The summed E-state index contributed by atoms with van der Waals surface area (Å²) in [4.78, 5) is 0. The van der Waals surface area contributed by atoms with E-state index in [1.165, 1.54) is 33.4 Å². The minimum atomic E-state index is -0.405. The van der Waals surface area contributed by atoms with Crippen LogP contribution >= 0.6 is 0 Å². The summed E-state index contributed by atoms with van der Waals surface area (Å²) in [7, 11) is 0. The Hall–Kier alpha value is -4.10. The average molecular weight is 410 g/mol. The molecule has 6 rings (SSSR count). The molecule has 0 heterocycles. The molecule has 1 aliphatic rings. The maximum Gasteiger partial charge on any atom is 0.0714 e. The second-order valence-electron chi connectivity index (χ2n) is 8.38. The molecule has 152 valence electrons. The molecule has 32 heavy (non-hydrogen) atoms.